The van der Waals surface area contributed by atoms with Crippen molar-refractivity contribution in [3.63, 3.8) is 0 Å². The molecule has 31 heavy (non-hydrogen) atoms. The third-order valence-electron chi connectivity index (χ3n) is 5.49. The Balaban J connectivity index is 1.13. The maximum absolute atomic E-state index is 12.4. The van der Waals surface area contributed by atoms with Gasteiger partial charge in [-0.05, 0) is 37.0 Å². The summed E-state index contributed by atoms with van der Waals surface area (Å²) < 4.78 is 6.74. The topological polar surface area (TPSA) is 71.5 Å². The fourth-order valence-corrected chi connectivity index (χ4v) is 4.68. The van der Waals surface area contributed by atoms with E-state index in [4.69, 9.17) is 4.74 Å². The highest BCUT2D eigenvalue weighted by Crippen LogP contribution is 2.22. The van der Waals surface area contributed by atoms with Crippen LogP contribution in [-0.4, -0.2) is 47.4 Å². The van der Waals surface area contributed by atoms with Crippen LogP contribution in [0.1, 0.15) is 29.8 Å². The summed E-state index contributed by atoms with van der Waals surface area (Å²) in [7, 11) is 0. The van der Waals surface area contributed by atoms with Crippen LogP contribution in [0.25, 0.3) is 10.2 Å². The molecule has 1 N–H and O–H groups in total. The molecular weight excluding hydrogens is 410 g/mol. The molecule has 7 heteroatoms. The van der Waals surface area contributed by atoms with E-state index in [9.17, 15) is 9.59 Å². The zero-order chi connectivity index (χ0) is 21.5. The Labute approximate surface area is 186 Å². The minimum absolute atomic E-state index is 0.00466. The van der Waals surface area contributed by atoms with Crippen LogP contribution < -0.4 is 5.32 Å². The van der Waals surface area contributed by atoms with Crippen molar-refractivity contribution in [1.29, 1.82) is 0 Å². The second-order valence-corrected chi connectivity index (χ2v) is 8.89. The Morgan fingerprint density at radius 3 is 2.58 bits per heavy atom. The van der Waals surface area contributed by atoms with E-state index in [-0.39, 0.29) is 24.5 Å². The maximum atomic E-state index is 12.4. The summed E-state index contributed by atoms with van der Waals surface area (Å²) in [4.78, 5) is 31.0. The first-order chi connectivity index (χ1) is 15.2. The van der Waals surface area contributed by atoms with Gasteiger partial charge < -0.3 is 15.0 Å². The highest BCUT2D eigenvalue weighted by atomic mass is 32.1. The molecule has 2 aromatic carbocycles. The molecule has 4 rings (SSSR count). The quantitative estimate of drug-likeness (QED) is 0.585. The molecule has 1 aliphatic heterocycles. The SMILES string of the molecule is O=C(CCc1ccccc1)NC1CCN(C(=O)COCc2nc3ccccc3s2)CC1. The standard InChI is InChI=1S/C24H27N3O3S/c28-22(11-10-18-6-2-1-3-7-18)25-19-12-14-27(15-13-19)24(29)17-30-16-23-26-20-8-4-5-9-21(20)31-23/h1-9,19H,10-17H2,(H,25,28). The number of ether oxygens (including phenoxy) is 1. The van der Waals surface area contributed by atoms with Gasteiger partial charge in [-0.25, -0.2) is 4.98 Å². The molecule has 0 spiro atoms. The Hall–Kier alpha value is -2.77. The van der Waals surface area contributed by atoms with Crippen LogP contribution in [0, 0.1) is 0 Å². The van der Waals surface area contributed by atoms with Gasteiger partial charge in [0.25, 0.3) is 0 Å². The third-order valence-corrected chi connectivity index (χ3v) is 6.50. The molecule has 1 aromatic heterocycles. The Bertz CT molecular complexity index is 980. The van der Waals surface area contributed by atoms with E-state index in [1.165, 1.54) is 5.56 Å². The average molecular weight is 438 g/mol. The largest absolute Gasteiger partial charge is 0.364 e. The van der Waals surface area contributed by atoms with Crippen LogP contribution in [0.3, 0.4) is 0 Å². The average Bonchev–Trinajstić information content (AvgIpc) is 3.22. The van der Waals surface area contributed by atoms with Crippen LogP contribution in [0.15, 0.2) is 54.6 Å². The van der Waals surface area contributed by atoms with E-state index < -0.39 is 0 Å². The molecule has 1 aliphatic rings. The molecule has 2 heterocycles. The Morgan fingerprint density at radius 1 is 1.06 bits per heavy atom. The number of benzene rings is 2. The van der Waals surface area contributed by atoms with Crippen molar-refractivity contribution in [2.75, 3.05) is 19.7 Å². The number of para-hydroxylation sites is 1. The molecule has 3 aromatic rings. The number of aryl methyl sites for hydroxylation is 1. The lowest BCUT2D eigenvalue weighted by molar-refractivity contribution is -0.137. The van der Waals surface area contributed by atoms with Gasteiger partial charge in [0.2, 0.25) is 11.8 Å². The summed E-state index contributed by atoms with van der Waals surface area (Å²) in [5, 5.41) is 3.99. The van der Waals surface area contributed by atoms with Crippen LogP contribution in [-0.2, 0) is 27.4 Å². The normalized spacial score (nSPS) is 14.6. The minimum atomic E-state index is -0.00466. The number of piperidine rings is 1. The van der Waals surface area contributed by atoms with Gasteiger partial charge in [-0.1, -0.05) is 42.5 Å². The summed E-state index contributed by atoms with van der Waals surface area (Å²) in [5.41, 5.74) is 2.13. The predicted molar refractivity (Wildman–Crippen MR) is 122 cm³/mol. The summed E-state index contributed by atoms with van der Waals surface area (Å²) in [6, 6.07) is 18.1. The molecule has 0 aliphatic carbocycles. The zero-order valence-electron chi connectivity index (χ0n) is 17.5. The van der Waals surface area contributed by atoms with Gasteiger partial charge >= 0.3 is 0 Å². The van der Waals surface area contributed by atoms with Crippen molar-refractivity contribution in [3.8, 4) is 0 Å². The molecule has 0 bridgehead atoms. The maximum Gasteiger partial charge on any atom is 0.248 e. The van der Waals surface area contributed by atoms with E-state index >= 15 is 0 Å². The Morgan fingerprint density at radius 2 is 1.81 bits per heavy atom. The second kappa shape index (κ2) is 10.5. The highest BCUT2D eigenvalue weighted by Gasteiger charge is 2.23. The number of hydrogen-bond donors (Lipinski definition) is 1. The van der Waals surface area contributed by atoms with E-state index in [0.717, 1.165) is 34.5 Å². The molecule has 0 saturated carbocycles. The first kappa shape index (κ1) is 21.5. The van der Waals surface area contributed by atoms with Crippen LogP contribution in [0.4, 0.5) is 0 Å². The van der Waals surface area contributed by atoms with E-state index in [1.54, 1.807) is 11.3 Å². The van der Waals surface area contributed by atoms with Gasteiger partial charge in [0.1, 0.15) is 11.6 Å². The molecule has 162 valence electrons. The van der Waals surface area contributed by atoms with E-state index in [1.807, 2.05) is 59.5 Å². The number of rotatable bonds is 8. The van der Waals surface area contributed by atoms with E-state index in [2.05, 4.69) is 10.3 Å². The summed E-state index contributed by atoms with van der Waals surface area (Å²) in [6.07, 6.45) is 2.79. The molecule has 1 fully saturated rings. The fourth-order valence-electron chi connectivity index (χ4n) is 3.77. The smallest absolute Gasteiger partial charge is 0.248 e. The second-order valence-electron chi connectivity index (χ2n) is 7.78. The first-order valence-corrected chi connectivity index (χ1v) is 11.5. The van der Waals surface area contributed by atoms with Crippen LogP contribution in [0.5, 0.6) is 0 Å². The minimum Gasteiger partial charge on any atom is -0.364 e. The first-order valence-electron chi connectivity index (χ1n) is 10.7. The van der Waals surface area contributed by atoms with Crippen molar-refractivity contribution >= 4 is 33.4 Å². The van der Waals surface area contributed by atoms with E-state index in [0.29, 0.717) is 26.1 Å². The van der Waals surface area contributed by atoms with Crippen molar-refractivity contribution in [2.45, 2.75) is 38.3 Å². The lowest BCUT2D eigenvalue weighted by atomic mass is 10.0. The van der Waals surface area contributed by atoms with Gasteiger partial charge in [0.15, 0.2) is 0 Å². The number of thiazole rings is 1. The zero-order valence-corrected chi connectivity index (χ0v) is 18.3. The number of amides is 2. The predicted octanol–water partition coefficient (Wildman–Crippen LogP) is 3.55. The third kappa shape index (κ3) is 6.12. The number of fused-ring (bicyclic) bond motifs is 1. The highest BCUT2D eigenvalue weighted by molar-refractivity contribution is 7.18. The van der Waals surface area contributed by atoms with Crippen molar-refractivity contribution in [3.05, 3.63) is 65.2 Å². The molecule has 0 unspecified atom stereocenters. The molecule has 6 nitrogen and oxygen atoms in total. The Kier molecular flexibility index (Phi) is 7.27. The van der Waals surface area contributed by atoms with Crippen molar-refractivity contribution in [2.24, 2.45) is 0 Å². The molecule has 2 amide bonds. The number of aromatic nitrogens is 1. The number of nitrogens with one attached hydrogen (secondary N) is 1. The fraction of sp³-hybridized carbons (Fsp3) is 0.375. The van der Waals surface area contributed by atoms with Crippen LogP contribution in [0.2, 0.25) is 0 Å². The van der Waals surface area contributed by atoms with Crippen LogP contribution >= 0.6 is 11.3 Å². The van der Waals surface area contributed by atoms with Gasteiger partial charge in [0, 0.05) is 25.6 Å². The van der Waals surface area contributed by atoms with Crippen molar-refractivity contribution in [1.82, 2.24) is 15.2 Å². The van der Waals surface area contributed by atoms with Gasteiger partial charge in [0.05, 0.1) is 16.8 Å². The molecular formula is C24H27N3O3S. The monoisotopic (exact) mass is 437 g/mol. The van der Waals surface area contributed by atoms with Gasteiger partial charge in [-0.2, -0.15) is 0 Å². The summed E-state index contributed by atoms with van der Waals surface area (Å²) in [6.45, 7) is 1.70. The van der Waals surface area contributed by atoms with Crippen molar-refractivity contribution < 1.29 is 14.3 Å². The number of carbonyl (C=O) groups excluding carboxylic acids is 2. The number of likely N-dealkylation sites (tertiary alicyclic amines) is 1. The summed E-state index contributed by atoms with van der Waals surface area (Å²) in [5.74, 6) is 0.0720. The lowest BCUT2D eigenvalue weighted by Crippen LogP contribution is -2.47. The lowest BCUT2D eigenvalue weighted by Gasteiger charge is -2.32. The summed E-state index contributed by atoms with van der Waals surface area (Å²) >= 11 is 1.59. The number of carbonyl (C=O) groups is 2. The molecule has 1 saturated heterocycles. The van der Waals surface area contributed by atoms with Gasteiger partial charge in [-0.3, -0.25) is 9.59 Å². The molecule has 0 atom stereocenters. The number of nitrogens with zero attached hydrogens (tertiary/aromatic N) is 2. The van der Waals surface area contributed by atoms with Gasteiger partial charge in [-0.15, -0.1) is 11.3 Å². The number of hydrogen-bond acceptors (Lipinski definition) is 5. The molecule has 0 radical (unpaired) electrons.